The lowest BCUT2D eigenvalue weighted by Gasteiger charge is -2.40. The first-order chi connectivity index (χ1) is 23.5. The second-order valence-electron chi connectivity index (χ2n) is 15.0. The van der Waals surface area contributed by atoms with Crippen molar-refractivity contribution in [3.8, 4) is 16.9 Å². The number of nitrogens with one attached hydrogen (secondary N) is 1. The van der Waals surface area contributed by atoms with Crippen LogP contribution in [0.1, 0.15) is 93.4 Å². The normalized spacial score (nSPS) is 21.5. The summed E-state index contributed by atoms with van der Waals surface area (Å²) in [6.07, 6.45) is 1.44. The highest BCUT2D eigenvalue weighted by molar-refractivity contribution is 7.85. The summed E-state index contributed by atoms with van der Waals surface area (Å²) >= 11 is 6.78. The van der Waals surface area contributed by atoms with Gasteiger partial charge in [-0.3, -0.25) is 4.79 Å². The Kier molecular flexibility index (Phi) is 9.39. The molecule has 1 N–H and O–H groups in total. The minimum atomic E-state index is -1.61. The molecule has 3 aliphatic rings. The van der Waals surface area contributed by atoms with E-state index in [1.54, 1.807) is 46.4 Å². The fourth-order valence-electron chi connectivity index (χ4n) is 7.17. The lowest BCUT2D eigenvalue weighted by Crippen LogP contribution is -2.53. The number of rotatable bonds is 5. The van der Waals surface area contributed by atoms with Gasteiger partial charge in [0.1, 0.15) is 34.0 Å². The van der Waals surface area contributed by atoms with Gasteiger partial charge in [0.05, 0.1) is 27.1 Å². The van der Waals surface area contributed by atoms with E-state index >= 15 is 8.78 Å². The SMILES string of the molecule is CNC(=O)c1cc2c(c(F)c1-c1c(Cl)c(F)cc3c1C[C@](c1ccccc1)([C@@H]1CCCN1C(=O)OC(C)(C)C)O3)CC/C2=N\S(=O)C(C)(C)C. The van der Waals surface area contributed by atoms with Gasteiger partial charge in [-0.05, 0) is 84.4 Å². The number of fused-ring (bicyclic) bond motifs is 2. The number of hydrogen-bond acceptors (Lipinski definition) is 5. The molecule has 12 heteroatoms. The van der Waals surface area contributed by atoms with Gasteiger partial charge in [-0.25, -0.2) is 17.8 Å². The average Bonchev–Trinajstić information content (AvgIpc) is 3.79. The van der Waals surface area contributed by atoms with Gasteiger partial charge in [0.15, 0.2) is 5.60 Å². The van der Waals surface area contributed by atoms with E-state index in [-0.39, 0.29) is 45.9 Å². The highest BCUT2D eigenvalue weighted by Gasteiger charge is 2.54. The van der Waals surface area contributed by atoms with Gasteiger partial charge in [-0.1, -0.05) is 41.9 Å². The molecule has 0 saturated carbocycles. The van der Waals surface area contributed by atoms with Gasteiger partial charge in [0.25, 0.3) is 5.91 Å². The zero-order chi connectivity index (χ0) is 36.3. The van der Waals surface area contributed by atoms with Crippen molar-refractivity contribution in [2.24, 2.45) is 4.40 Å². The molecule has 1 aliphatic carbocycles. The maximum Gasteiger partial charge on any atom is 0.410 e. The zero-order valence-corrected chi connectivity index (χ0v) is 30.9. The van der Waals surface area contributed by atoms with E-state index in [0.717, 1.165) is 5.56 Å². The van der Waals surface area contributed by atoms with Crippen molar-refractivity contribution in [2.45, 2.75) is 95.6 Å². The lowest BCUT2D eigenvalue weighted by atomic mass is 9.79. The summed E-state index contributed by atoms with van der Waals surface area (Å²) in [5.41, 5.74) is 0.133. The van der Waals surface area contributed by atoms with Crippen molar-refractivity contribution in [1.82, 2.24) is 10.2 Å². The molecule has 0 bridgehead atoms. The molecule has 1 unspecified atom stereocenters. The van der Waals surface area contributed by atoms with E-state index in [2.05, 4.69) is 9.71 Å². The Labute approximate surface area is 299 Å². The minimum Gasteiger partial charge on any atom is -0.480 e. The third-order valence-corrected chi connectivity index (χ3v) is 11.2. The Bertz CT molecular complexity index is 1940. The van der Waals surface area contributed by atoms with Crippen LogP contribution in [0.3, 0.4) is 0 Å². The molecule has 3 aromatic rings. The maximum atomic E-state index is 17.1. The maximum absolute atomic E-state index is 17.1. The number of ether oxygens (including phenoxy) is 2. The summed E-state index contributed by atoms with van der Waals surface area (Å²) < 4.78 is 62.3. The molecular formula is C38H42ClF2N3O5S. The van der Waals surface area contributed by atoms with Crippen LogP contribution in [0.15, 0.2) is 46.9 Å². The first kappa shape index (κ1) is 36.0. The molecule has 50 heavy (non-hydrogen) atoms. The Morgan fingerprint density at radius 3 is 2.40 bits per heavy atom. The molecule has 2 aliphatic heterocycles. The second kappa shape index (κ2) is 13.1. The predicted molar refractivity (Wildman–Crippen MR) is 191 cm³/mol. The number of likely N-dealkylation sites (tertiary alicyclic amines) is 1. The van der Waals surface area contributed by atoms with E-state index in [4.69, 9.17) is 21.1 Å². The summed E-state index contributed by atoms with van der Waals surface area (Å²) in [6, 6.07) is 11.6. The van der Waals surface area contributed by atoms with Crippen molar-refractivity contribution in [2.75, 3.05) is 13.6 Å². The van der Waals surface area contributed by atoms with Crippen LogP contribution in [0.5, 0.6) is 5.75 Å². The Balaban J connectivity index is 1.55. The molecule has 266 valence electrons. The summed E-state index contributed by atoms with van der Waals surface area (Å²) in [4.78, 5) is 28.8. The highest BCUT2D eigenvalue weighted by Crippen LogP contribution is 2.54. The summed E-state index contributed by atoms with van der Waals surface area (Å²) in [5.74, 6) is -2.03. The number of amides is 2. The Morgan fingerprint density at radius 1 is 1.06 bits per heavy atom. The van der Waals surface area contributed by atoms with Crippen LogP contribution in [0.4, 0.5) is 13.6 Å². The molecular weight excluding hydrogens is 684 g/mol. The van der Waals surface area contributed by atoms with E-state index in [1.807, 2.05) is 30.3 Å². The number of benzene rings is 3. The fourth-order valence-corrected chi connectivity index (χ4v) is 8.10. The molecule has 1 fully saturated rings. The minimum absolute atomic E-state index is 0.0174. The van der Waals surface area contributed by atoms with Crippen LogP contribution in [0.25, 0.3) is 11.1 Å². The summed E-state index contributed by atoms with van der Waals surface area (Å²) in [6.45, 7) is 11.2. The third kappa shape index (κ3) is 6.32. The molecule has 0 radical (unpaired) electrons. The van der Waals surface area contributed by atoms with Gasteiger partial charge in [-0.2, -0.15) is 4.40 Å². The van der Waals surface area contributed by atoms with Crippen molar-refractivity contribution in [3.05, 3.63) is 86.9 Å². The van der Waals surface area contributed by atoms with Crippen LogP contribution in [0, 0.1) is 11.6 Å². The molecule has 0 spiro atoms. The third-order valence-electron chi connectivity index (χ3n) is 9.43. The fraction of sp³-hybridized carbons (Fsp3) is 0.447. The largest absolute Gasteiger partial charge is 0.480 e. The predicted octanol–water partition coefficient (Wildman–Crippen LogP) is 8.07. The van der Waals surface area contributed by atoms with Crippen molar-refractivity contribution in [1.29, 1.82) is 0 Å². The first-order valence-electron chi connectivity index (χ1n) is 16.8. The molecule has 2 amide bonds. The van der Waals surface area contributed by atoms with E-state index in [0.29, 0.717) is 42.6 Å². The summed E-state index contributed by atoms with van der Waals surface area (Å²) in [5, 5.41) is 2.23. The molecule has 3 atom stereocenters. The van der Waals surface area contributed by atoms with Crippen LogP contribution in [-0.2, 0) is 34.2 Å². The van der Waals surface area contributed by atoms with Crippen molar-refractivity contribution < 1.29 is 32.1 Å². The molecule has 0 aromatic heterocycles. The Morgan fingerprint density at radius 2 is 1.76 bits per heavy atom. The number of carbonyl (C=O) groups excluding carboxylic acids is 2. The monoisotopic (exact) mass is 725 g/mol. The number of hydrogen-bond donors (Lipinski definition) is 1. The molecule has 6 rings (SSSR count). The van der Waals surface area contributed by atoms with Crippen LogP contribution < -0.4 is 10.1 Å². The second-order valence-corrected chi connectivity index (χ2v) is 17.3. The van der Waals surface area contributed by atoms with E-state index < -0.39 is 56.6 Å². The zero-order valence-electron chi connectivity index (χ0n) is 29.3. The number of carbonyl (C=O) groups is 2. The van der Waals surface area contributed by atoms with Crippen LogP contribution in [0.2, 0.25) is 5.02 Å². The quantitative estimate of drug-likeness (QED) is 0.287. The first-order valence-corrected chi connectivity index (χ1v) is 18.3. The molecule has 1 saturated heterocycles. The average molecular weight is 726 g/mol. The van der Waals surface area contributed by atoms with Gasteiger partial charge >= 0.3 is 6.09 Å². The molecule has 8 nitrogen and oxygen atoms in total. The van der Waals surface area contributed by atoms with Crippen molar-refractivity contribution >= 4 is 40.3 Å². The highest BCUT2D eigenvalue weighted by atomic mass is 35.5. The standard InChI is InChI=1S/C38H42ClF2N3O5S/c1-36(2,3)49-35(46)44-17-11-14-29(44)38(21-12-9-8-10-13-21)20-25-28(48-38)19-26(40)32(39)30(25)31-24(34(45)42-7)18-23-22(33(31)41)15-16-27(23)43-50(47)37(4,5)6/h8-10,12-13,18-19,29H,11,14-17,20H2,1-7H3,(H,42,45)/b43-27+/t29-,38-,50?/m0/s1. The van der Waals surface area contributed by atoms with Crippen LogP contribution in [-0.4, -0.2) is 56.8 Å². The van der Waals surface area contributed by atoms with Crippen LogP contribution >= 0.6 is 11.6 Å². The van der Waals surface area contributed by atoms with E-state index in [1.165, 1.54) is 19.2 Å². The smallest absolute Gasteiger partial charge is 0.410 e. The molecule has 2 heterocycles. The van der Waals surface area contributed by atoms with Gasteiger partial charge in [0.2, 0.25) is 0 Å². The number of halogens is 3. The molecule has 3 aromatic carbocycles. The number of nitrogens with zero attached hydrogens (tertiary/aromatic N) is 2. The van der Waals surface area contributed by atoms with Gasteiger partial charge in [-0.15, -0.1) is 0 Å². The summed E-state index contributed by atoms with van der Waals surface area (Å²) in [7, 11) is -0.184. The van der Waals surface area contributed by atoms with Gasteiger partial charge < -0.3 is 19.7 Å². The van der Waals surface area contributed by atoms with Crippen molar-refractivity contribution in [3.63, 3.8) is 0 Å². The Hall–Kier alpha value is -3.83. The van der Waals surface area contributed by atoms with E-state index in [9.17, 15) is 13.8 Å². The lowest BCUT2D eigenvalue weighted by molar-refractivity contribution is -0.0216. The topological polar surface area (TPSA) is 97.3 Å². The van der Waals surface area contributed by atoms with Gasteiger partial charge in [0, 0.05) is 48.3 Å².